The first kappa shape index (κ1) is 16.0. The maximum Gasteiger partial charge on any atom is 0.253 e. The summed E-state index contributed by atoms with van der Waals surface area (Å²) in [4.78, 5) is 28.1. The van der Waals surface area contributed by atoms with Crippen LogP contribution < -0.4 is 5.32 Å². The van der Waals surface area contributed by atoms with Crippen molar-refractivity contribution in [2.75, 3.05) is 26.7 Å². The molecule has 5 heteroatoms. The summed E-state index contributed by atoms with van der Waals surface area (Å²) in [6, 6.07) is 8.12. The number of amides is 2. The van der Waals surface area contributed by atoms with E-state index in [1.165, 1.54) is 0 Å². The lowest BCUT2D eigenvalue weighted by Crippen LogP contribution is -2.46. The standard InChI is InChI=1S/C18H25N3O2/c1-19-16-4-2-11-21(13-16)18(23)15-8-6-14(7-9-15)12-20-10-3-5-17(20)22/h6-9,16,19H,2-5,10-13H2,1H3. The molecule has 3 rings (SSSR count). The highest BCUT2D eigenvalue weighted by Gasteiger charge is 2.24. The number of nitrogens with one attached hydrogen (secondary N) is 1. The predicted octanol–water partition coefficient (Wildman–Crippen LogP) is 1.63. The van der Waals surface area contributed by atoms with E-state index < -0.39 is 0 Å². The molecular formula is C18H25N3O2. The number of carbonyl (C=O) groups is 2. The maximum atomic E-state index is 12.6. The van der Waals surface area contributed by atoms with E-state index in [0.717, 1.165) is 50.0 Å². The molecule has 0 bridgehead atoms. The molecule has 0 spiro atoms. The summed E-state index contributed by atoms with van der Waals surface area (Å²) in [6.45, 7) is 3.11. The Morgan fingerprint density at radius 2 is 2.00 bits per heavy atom. The molecule has 2 aliphatic heterocycles. The van der Waals surface area contributed by atoms with Gasteiger partial charge in [-0.25, -0.2) is 0 Å². The molecule has 0 aromatic heterocycles. The van der Waals surface area contributed by atoms with Crippen molar-refractivity contribution in [3.8, 4) is 0 Å². The Labute approximate surface area is 137 Å². The summed E-state index contributed by atoms with van der Waals surface area (Å²) in [5.41, 5.74) is 1.82. The third-order valence-corrected chi connectivity index (χ3v) is 4.86. The van der Waals surface area contributed by atoms with Gasteiger partial charge >= 0.3 is 0 Å². The van der Waals surface area contributed by atoms with Gasteiger partial charge in [0.25, 0.3) is 5.91 Å². The van der Waals surface area contributed by atoms with Crippen molar-refractivity contribution >= 4 is 11.8 Å². The molecule has 1 atom stereocenters. The summed E-state index contributed by atoms with van der Waals surface area (Å²) in [7, 11) is 1.95. The number of benzene rings is 1. The first-order valence-electron chi connectivity index (χ1n) is 8.50. The van der Waals surface area contributed by atoms with E-state index in [4.69, 9.17) is 0 Å². The lowest BCUT2D eigenvalue weighted by molar-refractivity contribution is -0.128. The first-order valence-corrected chi connectivity index (χ1v) is 8.50. The molecule has 2 amide bonds. The van der Waals surface area contributed by atoms with Crippen LogP contribution in [0.25, 0.3) is 0 Å². The van der Waals surface area contributed by atoms with E-state index in [0.29, 0.717) is 19.0 Å². The Hall–Kier alpha value is -1.88. The number of hydrogen-bond acceptors (Lipinski definition) is 3. The molecule has 124 valence electrons. The lowest BCUT2D eigenvalue weighted by Gasteiger charge is -2.32. The average molecular weight is 315 g/mol. The number of piperidine rings is 1. The normalized spacial score (nSPS) is 21.8. The third-order valence-electron chi connectivity index (χ3n) is 4.86. The number of rotatable bonds is 4. The minimum absolute atomic E-state index is 0.105. The molecule has 1 unspecified atom stereocenters. The molecule has 0 radical (unpaired) electrons. The zero-order valence-corrected chi connectivity index (χ0v) is 13.8. The second kappa shape index (κ2) is 7.13. The third kappa shape index (κ3) is 3.72. The van der Waals surface area contributed by atoms with Crippen molar-refractivity contribution in [1.82, 2.24) is 15.1 Å². The van der Waals surface area contributed by atoms with Crippen molar-refractivity contribution < 1.29 is 9.59 Å². The van der Waals surface area contributed by atoms with Crippen LogP contribution in [0.4, 0.5) is 0 Å². The van der Waals surface area contributed by atoms with E-state index in [1.807, 2.05) is 41.1 Å². The van der Waals surface area contributed by atoms with E-state index in [9.17, 15) is 9.59 Å². The van der Waals surface area contributed by atoms with E-state index in [2.05, 4.69) is 5.32 Å². The highest BCUT2D eigenvalue weighted by Crippen LogP contribution is 2.17. The van der Waals surface area contributed by atoms with Crippen LogP contribution in [0.2, 0.25) is 0 Å². The van der Waals surface area contributed by atoms with E-state index >= 15 is 0 Å². The van der Waals surface area contributed by atoms with Crippen LogP contribution in [0.15, 0.2) is 24.3 Å². The molecule has 2 fully saturated rings. The van der Waals surface area contributed by atoms with Crippen LogP contribution in [0.5, 0.6) is 0 Å². The van der Waals surface area contributed by atoms with Crippen molar-refractivity contribution in [3.05, 3.63) is 35.4 Å². The topological polar surface area (TPSA) is 52.7 Å². The number of carbonyl (C=O) groups excluding carboxylic acids is 2. The number of nitrogens with zero attached hydrogens (tertiary/aromatic N) is 2. The van der Waals surface area contributed by atoms with Crippen LogP contribution in [0.3, 0.4) is 0 Å². The van der Waals surface area contributed by atoms with Gasteiger partial charge in [-0.1, -0.05) is 12.1 Å². The summed E-state index contributed by atoms with van der Waals surface area (Å²) < 4.78 is 0. The predicted molar refractivity (Wildman–Crippen MR) is 89.1 cm³/mol. The molecule has 2 aliphatic rings. The van der Waals surface area contributed by atoms with Crippen LogP contribution in [-0.4, -0.2) is 54.3 Å². The van der Waals surface area contributed by atoms with E-state index in [1.54, 1.807) is 0 Å². The summed E-state index contributed by atoms with van der Waals surface area (Å²) in [6.07, 6.45) is 3.80. The Morgan fingerprint density at radius 1 is 1.22 bits per heavy atom. The molecule has 1 aromatic carbocycles. The zero-order chi connectivity index (χ0) is 16.2. The van der Waals surface area contributed by atoms with Gasteiger partial charge in [0.05, 0.1) is 0 Å². The van der Waals surface area contributed by atoms with Gasteiger partial charge < -0.3 is 15.1 Å². The Balaban J connectivity index is 1.62. The fourth-order valence-corrected chi connectivity index (χ4v) is 3.42. The quantitative estimate of drug-likeness (QED) is 0.919. The SMILES string of the molecule is CNC1CCCN(C(=O)c2ccc(CN3CCCC3=O)cc2)C1. The number of likely N-dealkylation sites (tertiary alicyclic amines) is 2. The molecule has 0 saturated carbocycles. The van der Waals surface area contributed by atoms with E-state index in [-0.39, 0.29) is 11.8 Å². The molecule has 5 nitrogen and oxygen atoms in total. The second-order valence-corrected chi connectivity index (χ2v) is 6.49. The number of hydrogen-bond donors (Lipinski definition) is 1. The lowest BCUT2D eigenvalue weighted by atomic mass is 10.0. The second-order valence-electron chi connectivity index (χ2n) is 6.49. The summed E-state index contributed by atoms with van der Waals surface area (Å²) in [5.74, 6) is 0.338. The van der Waals surface area contributed by atoms with Gasteiger partial charge in [0.1, 0.15) is 0 Å². The van der Waals surface area contributed by atoms with Gasteiger partial charge in [0, 0.05) is 44.2 Å². The van der Waals surface area contributed by atoms with Gasteiger partial charge in [0.15, 0.2) is 0 Å². The molecular weight excluding hydrogens is 290 g/mol. The van der Waals surface area contributed by atoms with Crippen molar-refractivity contribution in [2.24, 2.45) is 0 Å². The van der Waals surface area contributed by atoms with Crippen LogP contribution >= 0.6 is 0 Å². The van der Waals surface area contributed by atoms with Gasteiger partial charge in [0.2, 0.25) is 5.91 Å². The highest BCUT2D eigenvalue weighted by molar-refractivity contribution is 5.94. The van der Waals surface area contributed by atoms with Crippen molar-refractivity contribution in [2.45, 2.75) is 38.3 Å². The Morgan fingerprint density at radius 3 is 2.65 bits per heavy atom. The molecule has 1 aromatic rings. The monoisotopic (exact) mass is 315 g/mol. The zero-order valence-electron chi connectivity index (χ0n) is 13.8. The summed E-state index contributed by atoms with van der Waals surface area (Å²) >= 11 is 0. The van der Waals surface area contributed by atoms with Crippen molar-refractivity contribution in [3.63, 3.8) is 0 Å². The highest BCUT2D eigenvalue weighted by atomic mass is 16.2. The van der Waals surface area contributed by atoms with Gasteiger partial charge in [-0.2, -0.15) is 0 Å². The maximum absolute atomic E-state index is 12.6. The molecule has 2 heterocycles. The molecule has 23 heavy (non-hydrogen) atoms. The molecule has 0 aliphatic carbocycles. The fraction of sp³-hybridized carbons (Fsp3) is 0.556. The van der Waals surface area contributed by atoms with Gasteiger partial charge in [-0.3, -0.25) is 9.59 Å². The van der Waals surface area contributed by atoms with Crippen LogP contribution in [-0.2, 0) is 11.3 Å². The average Bonchev–Trinajstić information content (AvgIpc) is 3.00. The Bertz CT molecular complexity index is 570. The van der Waals surface area contributed by atoms with Gasteiger partial charge in [-0.15, -0.1) is 0 Å². The number of likely N-dealkylation sites (N-methyl/N-ethyl adjacent to an activating group) is 1. The van der Waals surface area contributed by atoms with Crippen LogP contribution in [0, 0.1) is 0 Å². The minimum atomic E-state index is 0.105. The Kier molecular flexibility index (Phi) is 4.96. The fourth-order valence-electron chi connectivity index (χ4n) is 3.42. The minimum Gasteiger partial charge on any atom is -0.338 e. The first-order chi connectivity index (χ1) is 11.2. The molecule has 1 N–H and O–H groups in total. The largest absolute Gasteiger partial charge is 0.338 e. The van der Waals surface area contributed by atoms with Crippen LogP contribution in [0.1, 0.15) is 41.6 Å². The smallest absolute Gasteiger partial charge is 0.253 e. The molecule has 2 saturated heterocycles. The van der Waals surface area contributed by atoms with Gasteiger partial charge in [-0.05, 0) is 44.0 Å². The summed E-state index contributed by atoms with van der Waals surface area (Å²) in [5, 5.41) is 3.26. The van der Waals surface area contributed by atoms with Crippen molar-refractivity contribution in [1.29, 1.82) is 0 Å².